The number of imide groups is 1. The Morgan fingerprint density at radius 2 is 0.981 bits per heavy atom. The van der Waals surface area contributed by atoms with Gasteiger partial charge in [-0.2, -0.15) is 45.1 Å². The Bertz CT molecular complexity index is 1650. The highest BCUT2D eigenvalue weighted by molar-refractivity contribution is 5.92. The van der Waals surface area contributed by atoms with Crippen molar-refractivity contribution in [1.82, 2.24) is 75.8 Å². The van der Waals surface area contributed by atoms with Gasteiger partial charge >= 0.3 is 17.4 Å². The fraction of sp³-hybridized carbons (Fsp3) is 0.280. The molecule has 0 aliphatic rings. The maximum atomic E-state index is 10.5. The third kappa shape index (κ3) is 33.6. The average Bonchev–Trinajstić information content (AvgIpc) is 2.94. The Kier molecular flexibility index (Phi) is 25.5. The molecule has 0 aliphatic carbocycles. The van der Waals surface area contributed by atoms with Crippen LogP contribution in [0.25, 0.3) is 0 Å². The van der Waals surface area contributed by atoms with Crippen LogP contribution in [0, 0.1) is 46.1 Å². The van der Waals surface area contributed by atoms with Crippen molar-refractivity contribution in [2.45, 2.75) is 41.5 Å². The van der Waals surface area contributed by atoms with Crippen molar-refractivity contribution in [2.24, 2.45) is 11.5 Å². The molecule has 4 heterocycles. The highest BCUT2D eigenvalue weighted by Crippen LogP contribution is 1.95. The number of nitrogens with one attached hydrogen (secondary N) is 5. The first-order valence-corrected chi connectivity index (χ1v) is 14.0. The highest BCUT2D eigenvalue weighted by atomic mass is 16.4. The van der Waals surface area contributed by atoms with Crippen LogP contribution >= 0.6 is 0 Å². The molecule has 0 fully saturated rings. The number of nitriles is 1. The first-order valence-electron chi connectivity index (χ1n) is 14.0. The monoisotopic (exact) mass is 760 g/mol. The SMILES string of the molecule is C=C(N)NC(=O)[O-].CC(=O)NC(N)=O.CNC#N.Cc1nc(C)[nH]c(=O)n1.Cc1nc(N)nc(=O)[nH]1.Cc1nc(N)nc(N)n1.Cc1nc(N)nc(N)n1. The number of H-pyrrole nitrogens is 2. The van der Waals surface area contributed by atoms with Crippen LogP contribution in [0.15, 0.2) is 22.0 Å². The van der Waals surface area contributed by atoms with Crippen LogP contribution in [0.4, 0.5) is 39.3 Å². The van der Waals surface area contributed by atoms with Gasteiger partial charge in [-0.25, -0.2) is 24.4 Å². The van der Waals surface area contributed by atoms with Crippen LogP contribution in [-0.4, -0.2) is 84.9 Å². The number of hydrogen-bond acceptors (Lipinski definition) is 24. The predicted octanol–water partition coefficient (Wildman–Crippen LogP) is -5.24. The summed E-state index contributed by atoms with van der Waals surface area (Å²) in [5.41, 5.74) is 34.5. The second-order valence-corrected chi connectivity index (χ2v) is 8.93. The minimum Gasteiger partial charge on any atom is -0.530 e. The summed E-state index contributed by atoms with van der Waals surface area (Å²) in [6.45, 7) is 12.7. The van der Waals surface area contributed by atoms with Crippen molar-refractivity contribution in [3.8, 4) is 6.19 Å². The van der Waals surface area contributed by atoms with Crippen molar-refractivity contribution in [1.29, 1.82) is 5.26 Å². The zero-order valence-corrected chi connectivity index (χ0v) is 30.1. The van der Waals surface area contributed by atoms with Gasteiger partial charge in [0.2, 0.25) is 35.6 Å². The van der Waals surface area contributed by atoms with Gasteiger partial charge in [0.05, 0.1) is 5.82 Å². The Balaban J connectivity index is -0.000000569. The Hall–Kier alpha value is -8.32. The molecular formula is C25H42N23O6-. The average molecular weight is 761 g/mol. The summed E-state index contributed by atoms with van der Waals surface area (Å²) in [5.74, 6) is 2.79. The van der Waals surface area contributed by atoms with E-state index in [-0.39, 0.29) is 41.3 Å². The van der Waals surface area contributed by atoms with E-state index in [0.29, 0.717) is 29.1 Å². The molecule has 4 rings (SSSR count). The molecule has 294 valence electrons. The number of aryl methyl sites for hydroxylation is 5. The van der Waals surface area contributed by atoms with Gasteiger partial charge in [0, 0.05) is 14.0 Å². The number of amides is 4. The molecule has 29 heteroatoms. The van der Waals surface area contributed by atoms with E-state index in [1.807, 2.05) is 0 Å². The number of carbonyl (C=O) groups excluding carboxylic acids is 3. The summed E-state index contributed by atoms with van der Waals surface area (Å²) in [6, 6.07) is -0.812. The van der Waals surface area contributed by atoms with Gasteiger partial charge in [0.1, 0.15) is 35.2 Å². The second kappa shape index (κ2) is 27.5. The van der Waals surface area contributed by atoms with Gasteiger partial charge < -0.3 is 60.7 Å². The quantitative estimate of drug-likeness (QED) is 0.0637. The van der Waals surface area contributed by atoms with Crippen molar-refractivity contribution in [3.63, 3.8) is 0 Å². The fourth-order valence-corrected chi connectivity index (χ4v) is 2.49. The van der Waals surface area contributed by atoms with Crippen LogP contribution in [0.5, 0.6) is 0 Å². The van der Waals surface area contributed by atoms with E-state index in [2.05, 4.69) is 77.4 Å². The molecule has 0 unspecified atom stereocenters. The molecule has 0 bridgehead atoms. The van der Waals surface area contributed by atoms with E-state index in [0.717, 1.165) is 0 Å². The number of aromatic amines is 2. The number of hydrogen-bond donors (Lipinski definition) is 12. The van der Waals surface area contributed by atoms with Crippen molar-refractivity contribution < 1.29 is 19.5 Å². The Morgan fingerprint density at radius 3 is 1.17 bits per heavy atom. The first kappa shape index (κ1) is 50.1. The van der Waals surface area contributed by atoms with Crippen molar-refractivity contribution in [3.05, 3.63) is 62.5 Å². The maximum Gasteiger partial charge on any atom is 0.349 e. The van der Waals surface area contributed by atoms with Gasteiger partial charge in [-0.1, -0.05) is 6.58 Å². The molecule has 0 spiro atoms. The summed E-state index contributed by atoms with van der Waals surface area (Å²) in [6.07, 6.45) is 0.243. The van der Waals surface area contributed by atoms with E-state index in [1.54, 1.807) is 58.5 Å². The van der Waals surface area contributed by atoms with E-state index in [1.165, 1.54) is 6.92 Å². The molecule has 4 aromatic heterocycles. The lowest BCUT2D eigenvalue weighted by Crippen LogP contribution is -2.37. The highest BCUT2D eigenvalue weighted by Gasteiger charge is 1.95. The molecular weight excluding hydrogens is 718 g/mol. The number of primary amides is 1. The van der Waals surface area contributed by atoms with E-state index >= 15 is 0 Å². The number of anilines is 5. The standard InChI is InChI=1S/C5H7N3O.2C4H7N5.C4H6N4O.2C3H6N2O2.C2H4N2/c1-3-6-4(2)8-5(9)7-3;2*1-2-7-3(5)9-4(6)8-2;1-2-6-3(5)8-4(9)7-2;1-2(6)5-3(4)7;1-2(4)5-3(6)7;1-4-2-3/h1-2H3,(H,6,7,8,9);2*1H3,(H4,5,6,7,8,9);1H3,(H3,5,6,7,8,9);1H3,(H3,4,5,6,7);5H,1,4H2,(H,6,7);4H,1H3/p-1. The van der Waals surface area contributed by atoms with E-state index < -0.39 is 23.7 Å². The van der Waals surface area contributed by atoms with Crippen molar-refractivity contribution >= 4 is 47.8 Å². The van der Waals surface area contributed by atoms with Crippen LogP contribution < -0.4 is 72.6 Å². The minimum atomic E-state index is -1.44. The predicted molar refractivity (Wildman–Crippen MR) is 191 cm³/mol. The van der Waals surface area contributed by atoms with E-state index in [4.69, 9.17) is 39.7 Å². The largest absolute Gasteiger partial charge is 0.530 e. The summed E-state index contributed by atoms with van der Waals surface area (Å²) in [7, 11) is 1.57. The Morgan fingerprint density at radius 1 is 0.648 bits per heavy atom. The van der Waals surface area contributed by atoms with Crippen LogP contribution in [0.1, 0.15) is 36.0 Å². The third-order valence-corrected chi connectivity index (χ3v) is 3.90. The maximum absolute atomic E-state index is 10.5. The summed E-state index contributed by atoms with van der Waals surface area (Å²) < 4.78 is 0. The molecule has 0 radical (unpaired) electrons. The zero-order chi connectivity index (χ0) is 42.6. The van der Waals surface area contributed by atoms with E-state index in [9.17, 15) is 29.1 Å². The zero-order valence-electron chi connectivity index (χ0n) is 30.1. The fourth-order valence-electron chi connectivity index (χ4n) is 2.49. The topological polar surface area (TPSA) is 511 Å². The number of rotatable bonds is 1. The van der Waals surface area contributed by atoms with Gasteiger partial charge in [-0.15, -0.1) is 0 Å². The molecule has 4 aromatic rings. The molecule has 0 aliphatic heterocycles. The molecule has 0 atom stereocenters. The third-order valence-electron chi connectivity index (χ3n) is 3.90. The summed E-state index contributed by atoms with van der Waals surface area (Å²) in [5, 5.41) is 22.7. The molecule has 0 saturated heterocycles. The number of nitrogens with zero attached hydrogens (tertiary/aromatic N) is 11. The number of carbonyl (C=O) groups is 3. The molecule has 54 heavy (non-hydrogen) atoms. The lowest BCUT2D eigenvalue weighted by atomic mass is 10.6. The lowest BCUT2D eigenvalue weighted by molar-refractivity contribution is -0.249. The number of urea groups is 1. The van der Waals surface area contributed by atoms with Crippen LogP contribution in [0.2, 0.25) is 0 Å². The number of nitrogens with two attached hydrogens (primary N) is 7. The lowest BCUT2D eigenvalue weighted by Gasteiger charge is -2.01. The molecule has 19 N–H and O–H groups in total. The second-order valence-electron chi connectivity index (χ2n) is 8.93. The van der Waals surface area contributed by atoms with Gasteiger partial charge in [0.15, 0.2) is 6.19 Å². The minimum absolute atomic E-state index is 0.0104. The van der Waals surface area contributed by atoms with Gasteiger partial charge in [-0.05, 0) is 34.6 Å². The Labute approximate surface area is 305 Å². The molecule has 29 nitrogen and oxygen atoms in total. The van der Waals surface area contributed by atoms with Crippen LogP contribution in [0.3, 0.4) is 0 Å². The summed E-state index contributed by atoms with van der Waals surface area (Å²) in [4.78, 5) is 91.0. The first-order chi connectivity index (χ1) is 24.9. The normalized spacial score (nSPS) is 8.56. The molecule has 0 aromatic carbocycles. The number of aromatic nitrogens is 12. The molecule has 0 saturated carbocycles. The number of carboxylic acid groups (broad SMARTS) is 1. The van der Waals surface area contributed by atoms with Gasteiger partial charge in [-0.3, -0.25) is 20.1 Å². The van der Waals surface area contributed by atoms with Crippen LogP contribution in [-0.2, 0) is 4.79 Å². The summed E-state index contributed by atoms with van der Waals surface area (Å²) >= 11 is 0. The van der Waals surface area contributed by atoms with Gasteiger partial charge in [0.25, 0.3) is 0 Å². The number of nitrogen functional groups attached to an aromatic ring is 5. The van der Waals surface area contributed by atoms with Crippen molar-refractivity contribution in [2.75, 3.05) is 35.7 Å². The molecule has 4 amide bonds. The smallest absolute Gasteiger partial charge is 0.349 e.